The third kappa shape index (κ3) is 4.26. The number of ether oxygens (including phenoxy) is 1. The first-order chi connectivity index (χ1) is 13.9. The third-order valence-corrected chi connectivity index (χ3v) is 5.74. The second-order valence-electron chi connectivity index (χ2n) is 8.10. The molecule has 154 valence electrons. The van der Waals surface area contributed by atoms with Crippen molar-refractivity contribution in [1.29, 1.82) is 0 Å². The molecule has 2 aliphatic heterocycles. The first kappa shape index (κ1) is 19.4. The van der Waals surface area contributed by atoms with Crippen molar-refractivity contribution in [1.82, 2.24) is 24.6 Å². The minimum atomic E-state index is -0.576. The number of piperidine rings is 1. The van der Waals surface area contributed by atoms with E-state index in [0.29, 0.717) is 39.1 Å². The van der Waals surface area contributed by atoms with Crippen LogP contribution < -0.4 is 4.74 Å². The summed E-state index contributed by atoms with van der Waals surface area (Å²) in [5, 5.41) is 4.06. The first-order valence-corrected chi connectivity index (χ1v) is 10.1. The highest BCUT2D eigenvalue weighted by molar-refractivity contribution is 5.76. The predicted octanol–water partition coefficient (Wildman–Crippen LogP) is 1.78. The molecular formula is C21H27N5O3. The van der Waals surface area contributed by atoms with Crippen LogP contribution in [0.2, 0.25) is 0 Å². The molecule has 1 atom stereocenters. The van der Waals surface area contributed by atoms with Crippen LogP contribution in [-0.2, 0) is 22.7 Å². The number of carbonyl (C=O) groups is 2. The number of aryl methyl sites for hydroxylation is 2. The average molecular weight is 397 g/mol. The van der Waals surface area contributed by atoms with Crippen LogP contribution >= 0.6 is 0 Å². The molecule has 2 aromatic rings. The normalized spacial score (nSPS) is 21.4. The molecule has 1 fully saturated rings. The molecule has 2 aliphatic rings. The molecule has 1 aromatic heterocycles. The minimum Gasteiger partial charge on any atom is -0.483 e. The van der Waals surface area contributed by atoms with Crippen LogP contribution in [0.3, 0.4) is 0 Å². The van der Waals surface area contributed by atoms with Crippen LogP contribution in [0.1, 0.15) is 37.3 Å². The van der Waals surface area contributed by atoms with Crippen molar-refractivity contribution in [2.24, 2.45) is 0 Å². The first-order valence-electron chi connectivity index (χ1n) is 10.1. The van der Waals surface area contributed by atoms with Gasteiger partial charge < -0.3 is 14.5 Å². The number of hydrogen-bond acceptors (Lipinski definition) is 5. The lowest BCUT2D eigenvalue weighted by Gasteiger charge is -2.43. The summed E-state index contributed by atoms with van der Waals surface area (Å²) in [6, 6.07) is 6.09. The molecule has 29 heavy (non-hydrogen) atoms. The SMILES string of the molecule is CC(=O)N1Cc2cc(C)ccc2O[C@]2(CCCN(C(=O)CCn3cncn3)C2)C1. The highest BCUT2D eigenvalue weighted by Gasteiger charge is 2.43. The van der Waals surface area contributed by atoms with Gasteiger partial charge in [-0.1, -0.05) is 17.7 Å². The van der Waals surface area contributed by atoms with Crippen molar-refractivity contribution in [3.63, 3.8) is 0 Å². The molecule has 4 rings (SSSR count). The van der Waals surface area contributed by atoms with E-state index in [1.807, 2.05) is 28.9 Å². The summed E-state index contributed by atoms with van der Waals surface area (Å²) in [4.78, 5) is 32.8. The molecule has 8 heteroatoms. The third-order valence-electron chi connectivity index (χ3n) is 5.74. The number of benzene rings is 1. The van der Waals surface area contributed by atoms with Gasteiger partial charge >= 0.3 is 0 Å². The molecule has 0 bridgehead atoms. The number of amides is 2. The Morgan fingerprint density at radius 3 is 2.83 bits per heavy atom. The number of carbonyl (C=O) groups excluding carboxylic acids is 2. The second-order valence-corrected chi connectivity index (χ2v) is 8.10. The van der Waals surface area contributed by atoms with Crippen LogP contribution in [0.4, 0.5) is 0 Å². The molecule has 1 spiro atoms. The van der Waals surface area contributed by atoms with Gasteiger partial charge in [0.15, 0.2) is 0 Å². The second kappa shape index (κ2) is 7.85. The molecule has 3 heterocycles. The molecule has 0 N–H and O–H groups in total. The lowest BCUT2D eigenvalue weighted by molar-refractivity contribution is -0.140. The van der Waals surface area contributed by atoms with E-state index in [2.05, 4.69) is 16.1 Å². The van der Waals surface area contributed by atoms with E-state index < -0.39 is 5.60 Å². The summed E-state index contributed by atoms with van der Waals surface area (Å²) in [5.41, 5.74) is 1.58. The zero-order chi connectivity index (χ0) is 20.4. The Labute approximate surface area is 170 Å². The van der Waals surface area contributed by atoms with Gasteiger partial charge in [-0.25, -0.2) is 4.98 Å². The maximum atomic E-state index is 12.8. The number of fused-ring (bicyclic) bond motifs is 1. The van der Waals surface area contributed by atoms with Crippen LogP contribution in [0, 0.1) is 6.92 Å². The van der Waals surface area contributed by atoms with Crippen molar-refractivity contribution >= 4 is 11.8 Å². The fraction of sp³-hybridized carbons (Fsp3) is 0.524. The molecule has 2 amide bonds. The summed E-state index contributed by atoms with van der Waals surface area (Å²) in [7, 11) is 0. The van der Waals surface area contributed by atoms with Crippen molar-refractivity contribution in [2.75, 3.05) is 19.6 Å². The quantitative estimate of drug-likeness (QED) is 0.789. The van der Waals surface area contributed by atoms with Crippen LogP contribution in [0.25, 0.3) is 0 Å². The van der Waals surface area contributed by atoms with Gasteiger partial charge in [0.25, 0.3) is 0 Å². The largest absolute Gasteiger partial charge is 0.483 e. The minimum absolute atomic E-state index is 0.0250. The zero-order valence-corrected chi connectivity index (χ0v) is 17.0. The van der Waals surface area contributed by atoms with Crippen LogP contribution in [0.15, 0.2) is 30.9 Å². The maximum absolute atomic E-state index is 12.8. The van der Waals surface area contributed by atoms with Crippen LogP contribution in [0.5, 0.6) is 5.75 Å². The molecule has 8 nitrogen and oxygen atoms in total. The summed E-state index contributed by atoms with van der Waals surface area (Å²) in [5.74, 6) is 0.916. The Balaban J connectivity index is 1.53. The van der Waals surface area contributed by atoms with Gasteiger partial charge in [0.05, 0.1) is 19.6 Å². The summed E-state index contributed by atoms with van der Waals surface area (Å²) in [6.07, 6.45) is 5.11. The van der Waals surface area contributed by atoms with Gasteiger partial charge in [0, 0.05) is 32.0 Å². The Morgan fingerprint density at radius 1 is 1.24 bits per heavy atom. The van der Waals surface area contributed by atoms with Gasteiger partial charge in [-0.15, -0.1) is 0 Å². The Kier molecular flexibility index (Phi) is 5.25. The highest BCUT2D eigenvalue weighted by Crippen LogP contribution is 2.35. The standard InChI is InChI=1S/C21H27N5O3/c1-16-4-5-19-18(10-16)11-25(17(2)27)13-21(29-19)7-3-8-24(12-21)20(28)6-9-26-15-22-14-23-26/h4-5,10,14-15H,3,6-9,11-13H2,1-2H3/t21-/m0/s1. The highest BCUT2D eigenvalue weighted by atomic mass is 16.5. The summed E-state index contributed by atoms with van der Waals surface area (Å²) in [6.45, 7) is 6.36. The molecule has 1 aromatic carbocycles. The zero-order valence-electron chi connectivity index (χ0n) is 17.0. The Hall–Kier alpha value is -2.90. The maximum Gasteiger partial charge on any atom is 0.224 e. The van der Waals surface area contributed by atoms with Gasteiger partial charge in [-0.05, 0) is 25.8 Å². The lowest BCUT2D eigenvalue weighted by atomic mass is 9.91. The van der Waals surface area contributed by atoms with E-state index in [4.69, 9.17) is 4.74 Å². The van der Waals surface area contributed by atoms with Crippen LogP contribution in [-0.4, -0.2) is 61.6 Å². The van der Waals surface area contributed by atoms with Crippen molar-refractivity contribution in [3.05, 3.63) is 42.0 Å². The van der Waals surface area contributed by atoms with Crippen molar-refractivity contribution in [3.8, 4) is 5.75 Å². The van der Waals surface area contributed by atoms with Gasteiger partial charge in [0.2, 0.25) is 11.8 Å². The lowest BCUT2D eigenvalue weighted by Crippen LogP contribution is -2.58. The fourth-order valence-electron chi connectivity index (χ4n) is 4.27. The Bertz CT molecular complexity index is 898. The van der Waals surface area contributed by atoms with E-state index in [1.165, 1.54) is 6.33 Å². The molecular weight excluding hydrogens is 370 g/mol. The predicted molar refractivity (Wildman–Crippen MR) is 106 cm³/mol. The summed E-state index contributed by atoms with van der Waals surface area (Å²) < 4.78 is 8.20. The molecule has 0 aliphatic carbocycles. The summed E-state index contributed by atoms with van der Waals surface area (Å²) >= 11 is 0. The number of rotatable bonds is 3. The smallest absolute Gasteiger partial charge is 0.224 e. The number of nitrogens with zero attached hydrogens (tertiary/aromatic N) is 5. The van der Waals surface area contributed by atoms with Gasteiger partial charge in [0.1, 0.15) is 24.0 Å². The van der Waals surface area contributed by atoms with E-state index in [-0.39, 0.29) is 11.8 Å². The Morgan fingerprint density at radius 2 is 2.07 bits per heavy atom. The molecule has 0 saturated carbocycles. The fourth-order valence-corrected chi connectivity index (χ4v) is 4.27. The topological polar surface area (TPSA) is 80.6 Å². The van der Waals surface area contributed by atoms with Gasteiger partial charge in [-0.3, -0.25) is 14.3 Å². The number of aromatic nitrogens is 3. The molecule has 0 radical (unpaired) electrons. The van der Waals surface area contributed by atoms with Crippen molar-refractivity contribution in [2.45, 2.75) is 51.8 Å². The van der Waals surface area contributed by atoms with E-state index in [0.717, 1.165) is 29.7 Å². The average Bonchev–Trinajstić information content (AvgIpc) is 3.16. The molecule has 0 unspecified atom stereocenters. The number of hydrogen-bond donors (Lipinski definition) is 0. The van der Waals surface area contributed by atoms with Crippen molar-refractivity contribution < 1.29 is 14.3 Å². The van der Waals surface area contributed by atoms with Gasteiger partial charge in [-0.2, -0.15) is 5.10 Å². The monoisotopic (exact) mass is 397 g/mol. The molecule has 1 saturated heterocycles. The van der Waals surface area contributed by atoms with E-state index in [1.54, 1.807) is 17.9 Å². The van der Waals surface area contributed by atoms with E-state index >= 15 is 0 Å². The number of likely N-dealkylation sites (tertiary alicyclic amines) is 1. The van der Waals surface area contributed by atoms with E-state index in [9.17, 15) is 9.59 Å².